The van der Waals surface area contributed by atoms with E-state index in [1.807, 2.05) is 6.92 Å². The maximum Gasteiger partial charge on any atom is 0.303 e. The number of aliphatic carboxylic acids is 1. The Morgan fingerprint density at radius 3 is 2.78 bits per heavy atom. The average Bonchev–Trinajstić information content (AvgIpc) is 2.75. The van der Waals surface area contributed by atoms with Crippen molar-refractivity contribution >= 4 is 5.97 Å². The van der Waals surface area contributed by atoms with Gasteiger partial charge in [-0.05, 0) is 22.8 Å². The Kier molecular flexibility index (Phi) is 6.32. The lowest BCUT2D eigenvalue weighted by atomic mass is 10.0. The van der Waals surface area contributed by atoms with Gasteiger partial charge in [0.05, 0.1) is 0 Å². The molecule has 1 aromatic heterocycles. The summed E-state index contributed by atoms with van der Waals surface area (Å²) in [7, 11) is 0. The first-order chi connectivity index (χ1) is 8.67. The molecular formula is C12H22N4O2. The zero-order valence-corrected chi connectivity index (χ0v) is 11.2. The molecular weight excluding hydrogens is 232 g/mol. The third kappa shape index (κ3) is 4.81. The molecule has 1 heterocycles. The SMILES string of the molecule is CCCCCc1nnnn1CC(CC)CC(=O)O. The Morgan fingerprint density at radius 1 is 1.39 bits per heavy atom. The van der Waals surface area contributed by atoms with E-state index < -0.39 is 5.97 Å². The van der Waals surface area contributed by atoms with Gasteiger partial charge >= 0.3 is 5.97 Å². The predicted octanol–water partition coefficient (Wildman–Crippen LogP) is 1.91. The van der Waals surface area contributed by atoms with E-state index in [4.69, 9.17) is 5.11 Å². The van der Waals surface area contributed by atoms with Gasteiger partial charge < -0.3 is 5.11 Å². The molecule has 0 aliphatic carbocycles. The van der Waals surface area contributed by atoms with Gasteiger partial charge in [0.1, 0.15) is 0 Å². The molecule has 1 aromatic rings. The van der Waals surface area contributed by atoms with Gasteiger partial charge in [-0.15, -0.1) is 5.10 Å². The van der Waals surface area contributed by atoms with Gasteiger partial charge in [0.25, 0.3) is 0 Å². The molecule has 0 radical (unpaired) electrons. The minimum atomic E-state index is -0.762. The maximum absolute atomic E-state index is 10.7. The molecule has 0 saturated heterocycles. The van der Waals surface area contributed by atoms with Crippen molar-refractivity contribution in [3.63, 3.8) is 0 Å². The number of carboxylic acids is 1. The highest BCUT2D eigenvalue weighted by Gasteiger charge is 2.15. The monoisotopic (exact) mass is 254 g/mol. The Bertz CT molecular complexity index is 365. The minimum Gasteiger partial charge on any atom is -0.481 e. The van der Waals surface area contributed by atoms with E-state index in [1.165, 1.54) is 6.42 Å². The van der Waals surface area contributed by atoms with Gasteiger partial charge in [0.2, 0.25) is 0 Å². The van der Waals surface area contributed by atoms with Crippen LogP contribution in [-0.2, 0) is 17.8 Å². The number of hydrogen-bond donors (Lipinski definition) is 1. The molecule has 6 heteroatoms. The van der Waals surface area contributed by atoms with Crippen LogP contribution in [-0.4, -0.2) is 31.3 Å². The van der Waals surface area contributed by atoms with Crippen molar-refractivity contribution in [1.82, 2.24) is 20.2 Å². The van der Waals surface area contributed by atoms with Crippen molar-refractivity contribution in [2.24, 2.45) is 5.92 Å². The molecule has 0 spiro atoms. The number of aromatic nitrogens is 4. The van der Waals surface area contributed by atoms with Crippen molar-refractivity contribution in [2.75, 3.05) is 0 Å². The molecule has 0 aromatic carbocycles. The fraction of sp³-hybridized carbons (Fsp3) is 0.833. The lowest BCUT2D eigenvalue weighted by Crippen LogP contribution is -2.17. The van der Waals surface area contributed by atoms with Gasteiger partial charge in [0.15, 0.2) is 5.82 Å². The summed E-state index contributed by atoms with van der Waals surface area (Å²) in [5.74, 6) is 0.200. The van der Waals surface area contributed by atoms with Crippen LogP contribution in [0.25, 0.3) is 0 Å². The molecule has 1 N–H and O–H groups in total. The highest BCUT2D eigenvalue weighted by Crippen LogP contribution is 2.12. The van der Waals surface area contributed by atoms with Crippen LogP contribution in [0.3, 0.4) is 0 Å². The average molecular weight is 254 g/mol. The molecule has 0 fully saturated rings. The molecule has 0 saturated carbocycles. The third-order valence-electron chi connectivity index (χ3n) is 3.08. The van der Waals surface area contributed by atoms with E-state index in [0.29, 0.717) is 6.54 Å². The Labute approximate surface area is 107 Å². The topological polar surface area (TPSA) is 80.9 Å². The van der Waals surface area contributed by atoms with E-state index in [2.05, 4.69) is 22.4 Å². The number of carbonyl (C=O) groups is 1. The maximum atomic E-state index is 10.7. The molecule has 1 rings (SSSR count). The standard InChI is InChI=1S/C12H22N4O2/c1-3-5-6-7-11-13-14-15-16(11)9-10(4-2)8-12(17)18/h10H,3-9H2,1-2H3,(H,17,18). The number of aryl methyl sites for hydroxylation is 1. The minimum absolute atomic E-state index is 0.0934. The second kappa shape index (κ2) is 7.79. The van der Waals surface area contributed by atoms with Crippen molar-refractivity contribution in [2.45, 2.75) is 58.9 Å². The van der Waals surface area contributed by atoms with E-state index >= 15 is 0 Å². The molecule has 0 amide bonds. The molecule has 0 aliphatic rings. The van der Waals surface area contributed by atoms with Crippen molar-refractivity contribution in [3.8, 4) is 0 Å². The quantitative estimate of drug-likeness (QED) is 0.681. The molecule has 6 nitrogen and oxygen atoms in total. The summed E-state index contributed by atoms with van der Waals surface area (Å²) in [6, 6.07) is 0. The first-order valence-corrected chi connectivity index (χ1v) is 6.64. The van der Waals surface area contributed by atoms with Crippen LogP contribution in [0.5, 0.6) is 0 Å². The predicted molar refractivity (Wildman–Crippen MR) is 67.1 cm³/mol. The normalized spacial score (nSPS) is 12.6. The molecule has 0 aliphatic heterocycles. The summed E-state index contributed by atoms with van der Waals surface area (Å²) in [5.41, 5.74) is 0. The highest BCUT2D eigenvalue weighted by molar-refractivity contribution is 5.66. The van der Waals surface area contributed by atoms with E-state index in [-0.39, 0.29) is 12.3 Å². The second-order valence-electron chi connectivity index (χ2n) is 4.61. The van der Waals surface area contributed by atoms with E-state index in [9.17, 15) is 4.79 Å². The van der Waals surface area contributed by atoms with Crippen molar-refractivity contribution in [1.29, 1.82) is 0 Å². The van der Waals surface area contributed by atoms with Crippen LogP contribution >= 0.6 is 0 Å². The van der Waals surface area contributed by atoms with Crippen LogP contribution in [0.4, 0.5) is 0 Å². The van der Waals surface area contributed by atoms with Gasteiger partial charge in [-0.1, -0.05) is 33.1 Å². The van der Waals surface area contributed by atoms with Crippen LogP contribution in [0, 0.1) is 5.92 Å². The zero-order chi connectivity index (χ0) is 13.4. The fourth-order valence-electron chi connectivity index (χ4n) is 1.91. The van der Waals surface area contributed by atoms with Gasteiger partial charge in [0, 0.05) is 19.4 Å². The summed E-state index contributed by atoms with van der Waals surface area (Å²) in [5, 5.41) is 20.5. The second-order valence-corrected chi connectivity index (χ2v) is 4.61. The number of carboxylic acid groups (broad SMARTS) is 1. The van der Waals surface area contributed by atoms with Crippen LogP contribution in [0.15, 0.2) is 0 Å². The number of nitrogens with zero attached hydrogens (tertiary/aromatic N) is 4. The highest BCUT2D eigenvalue weighted by atomic mass is 16.4. The zero-order valence-electron chi connectivity index (χ0n) is 11.2. The summed E-state index contributed by atoms with van der Waals surface area (Å²) in [4.78, 5) is 10.7. The Morgan fingerprint density at radius 2 is 2.17 bits per heavy atom. The molecule has 18 heavy (non-hydrogen) atoms. The van der Waals surface area contributed by atoms with E-state index in [0.717, 1.165) is 31.5 Å². The number of unbranched alkanes of at least 4 members (excludes halogenated alkanes) is 2. The van der Waals surface area contributed by atoms with E-state index in [1.54, 1.807) is 4.68 Å². The number of tetrazole rings is 1. The Balaban J connectivity index is 2.54. The molecule has 1 atom stereocenters. The summed E-state index contributed by atoms with van der Waals surface area (Å²) >= 11 is 0. The summed E-state index contributed by atoms with van der Waals surface area (Å²) < 4.78 is 1.76. The fourth-order valence-corrected chi connectivity index (χ4v) is 1.91. The number of hydrogen-bond acceptors (Lipinski definition) is 4. The van der Waals surface area contributed by atoms with Gasteiger partial charge in [-0.3, -0.25) is 4.79 Å². The first-order valence-electron chi connectivity index (χ1n) is 6.64. The smallest absolute Gasteiger partial charge is 0.303 e. The molecule has 1 unspecified atom stereocenters. The van der Waals surface area contributed by atoms with Crippen molar-refractivity contribution < 1.29 is 9.90 Å². The third-order valence-corrected chi connectivity index (χ3v) is 3.08. The first kappa shape index (κ1) is 14.6. The van der Waals surface area contributed by atoms with Crippen LogP contribution in [0.2, 0.25) is 0 Å². The lowest BCUT2D eigenvalue weighted by Gasteiger charge is -2.12. The largest absolute Gasteiger partial charge is 0.481 e. The summed E-state index contributed by atoms with van der Waals surface area (Å²) in [6.07, 6.45) is 5.26. The van der Waals surface area contributed by atoms with Crippen molar-refractivity contribution in [3.05, 3.63) is 5.82 Å². The van der Waals surface area contributed by atoms with Gasteiger partial charge in [-0.25, -0.2) is 4.68 Å². The molecule has 0 bridgehead atoms. The molecule has 102 valence electrons. The van der Waals surface area contributed by atoms with Crippen LogP contribution in [0.1, 0.15) is 51.8 Å². The lowest BCUT2D eigenvalue weighted by molar-refractivity contribution is -0.138. The Hall–Kier alpha value is -1.46. The number of rotatable bonds is 9. The van der Waals surface area contributed by atoms with Crippen LogP contribution < -0.4 is 0 Å². The van der Waals surface area contributed by atoms with Gasteiger partial charge in [-0.2, -0.15) is 0 Å². The summed E-state index contributed by atoms with van der Waals surface area (Å²) in [6.45, 7) is 4.74.